The van der Waals surface area contributed by atoms with E-state index in [1.54, 1.807) is 0 Å². The standard InChI is InChI=1S/C14H12IN/c1-11-2-8-14(9-3-11)16-10-12-4-6-13(15)7-5-12/h2-10H,1H3. The molecule has 0 spiro atoms. The van der Waals surface area contributed by atoms with Crippen molar-refractivity contribution in [1.82, 2.24) is 0 Å². The van der Waals surface area contributed by atoms with Crippen molar-refractivity contribution in [2.24, 2.45) is 4.99 Å². The Morgan fingerprint density at radius 1 is 0.938 bits per heavy atom. The minimum absolute atomic E-state index is 0.990. The van der Waals surface area contributed by atoms with Gasteiger partial charge in [-0.3, -0.25) is 4.99 Å². The fraction of sp³-hybridized carbons (Fsp3) is 0.0714. The molecule has 0 aliphatic rings. The van der Waals surface area contributed by atoms with Gasteiger partial charge in [-0.1, -0.05) is 29.8 Å². The second kappa shape index (κ2) is 5.25. The van der Waals surface area contributed by atoms with Crippen LogP contribution in [0.4, 0.5) is 5.69 Å². The first kappa shape index (κ1) is 11.3. The zero-order chi connectivity index (χ0) is 11.4. The van der Waals surface area contributed by atoms with Gasteiger partial charge in [-0.05, 0) is 59.3 Å². The number of benzene rings is 2. The van der Waals surface area contributed by atoms with Gasteiger partial charge >= 0.3 is 0 Å². The van der Waals surface area contributed by atoms with E-state index in [2.05, 4.69) is 70.9 Å². The van der Waals surface area contributed by atoms with Crippen LogP contribution >= 0.6 is 22.6 Å². The van der Waals surface area contributed by atoms with Crippen LogP contribution in [0.15, 0.2) is 53.5 Å². The summed E-state index contributed by atoms with van der Waals surface area (Å²) in [6.07, 6.45) is 1.89. The molecule has 2 aromatic rings. The smallest absolute Gasteiger partial charge is 0.0630 e. The van der Waals surface area contributed by atoms with Crippen molar-refractivity contribution < 1.29 is 0 Å². The summed E-state index contributed by atoms with van der Waals surface area (Å²) >= 11 is 2.30. The third-order valence-corrected chi connectivity index (χ3v) is 2.99. The summed E-state index contributed by atoms with van der Waals surface area (Å²) < 4.78 is 1.24. The van der Waals surface area contributed by atoms with E-state index < -0.39 is 0 Å². The normalized spacial score (nSPS) is 10.9. The van der Waals surface area contributed by atoms with Crippen molar-refractivity contribution in [3.63, 3.8) is 0 Å². The molecule has 0 saturated carbocycles. The van der Waals surface area contributed by atoms with Gasteiger partial charge in [0.2, 0.25) is 0 Å². The Balaban J connectivity index is 2.15. The van der Waals surface area contributed by atoms with Gasteiger partial charge in [0.15, 0.2) is 0 Å². The molecule has 1 nitrogen and oxygen atoms in total. The molecule has 2 rings (SSSR count). The molecule has 0 aliphatic heterocycles. The summed E-state index contributed by atoms with van der Waals surface area (Å²) in [6.45, 7) is 2.08. The second-order valence-electron chi connectivity index (χ2n) is 3.65. The molecule has 2 heteroatoms. The van der Waals surface area contributed by atoms with Gasteiger partial charge in [0.05, 0.1) is 5.69 Å². The molecule has 0 unspecified atom stereocenters. The van der Waals surface area contributed by atoms with Crippen molar-refractivity contribution >= 4 is 34.5 Å². The highest BCUT2D eigenvalue weighted by Gasteiger charge is 1.90. The first-order chi connectivity index (χ1) is 7.74. The summed E-state index contributed by atoms with van der Waals surface area (Å²) in [5.74, 6) is 0. The molecule has 0 bridgehead atoms. The second-order valence-corrected chi connectivity index (χ2v) is 4.89. The number of aryl methyl sites for hydroxylation is 1. The lowest BCUT2D eigenvalue weighted by atomic mass is 10.2. The monoisotopic (exact) mass is 321 g/mol. The van der Waals surface area contributed by atoms with Crippen molar-refractivity contribution in [2.45, 2.75) is 6.92 Å². The number of nitrogens with zero attached hydrogens (tertiary/aromatic N) is 1. The van der Waals surface area contributed by atoms with Crippen LogP contribution in [0.1, 0.15) is 11.1 Å². The molecule has 16 heavy (non-hydrogen) atoms. The minimum Gasteiger partial charge on any atom is -0.256 e. The maximum Gasteiger partial charge on any atom is 0.0630 e. The lowest BCUT2D eigenvalue weighted by molar-refractivity contribution is 1.44. The van der Waals surface area contributed by atoms with Crippen LogP contribution in [0.25, 0.3) is 0 Å². The topological polar surface area (TPSA) is 12.4 Å². The Labute approximate surface area is 109 Å². The molecule has 0 aliphatic carbocycles. The molecule has 0 aromatic heterocycles. The Morgan fingerprint density at radius 2 is 1.56 bits per heavy atom. The van der Waals surface area contributed by atoms with Crippen LogP contribution in [-0.4, -0.2) is 6.21 Å². The van der Waals surface area contributed by atoms with Crippen LogP contribution in [0.5, 0.6) is 0 Å². The van der Waals surface area contributed by atoms with Gasteiger partial charge in [0, 0.05) is 9.78 Å². The molecule has 2 aromatic carbocycles. The Bertz CT molecular complexity index is 436. The molecule has 0 saturated heterocycles. The fourth-order valence-corrected chi connectivity index (χ4v) is 1.69. The number of halogens is 1. The summed E-state index contributed by atoms with van der Waals surface area (Å²) in [4.78, 5) is 4.42. The highest BCUT2D eigenvalue weighted by Crippen LogP contribution is 2.12. The lowest BCUT2D eigenvalue weighted by Crippen LogP contribution is -1.80. The van der Waals surface area contributed by atoms with E-state index in [9.17, 15) is 0 Å². The first-order valence-electron chi connectivity index (χ1n) is 5.10. The first-order valence-corrected chi connectivity index (χ1v) is 6.18. The lowest BCUT2D eigenvalue weighted by Gasteiger charge is -1.95. The maximum atomic E-state index is 4.42. The van der Waals surface area contributed by atoms with E-state index in [4.69, 9.17) is 0 Å². The van der Waals surface area contributed by atoms with Gasteiger partial charge in [0.25, 0.3) is 0 Å². The van der Waals surface area contributed by atoms with Gasteiger partial charge < -0.3 is 0 Å². The molecule has 0 heterocycles. The number of hydrogen-bond acceptors (Lipinski definition) is 1. The molecule has 0 radical (unpaired) electrons. The molecular formula is C14H12IN. The predicted molar refractivity (Wildman–Crippen MR) is 77.6 cm³/mol. The van der Waals surface area contributed by atoms with E-state index in [1.165, 1.54) is 9.13 Å². The minimum atomic E-state index is 0.990. The van der Waals surface area contributed by atoms with Crippen molar-refractivity contribution in [1.29, 1.82) is 0 Å². The molecule has 0 fully saturated rings. The van der Waals surface area contributed by atoms with E-state index in [0.717, 1.165) is 11.3 Å². The number of hydrogen-bond donors (Lipinski definition) is 0. The maximum absolute atomic E-state index is 4.42. The zero-order valence-corrected chi connectivity index (χ0v) is 11.2. The van der Waals surface area contributed by atoms with Gasteiger partial charge in [0.1, 0.15) is 0 Å². The highest BCUT2D eigenvalue weighted by atomic mass is 127. The third kappa shape index (κ3) is 3.17. The SMILES string of the molecule is Cc1ccc(N=Cc2ccc(I)cc2)cc1. The van der Waals surface area contributed by atoms with Crippen molar-refractivity contribution in [3.05, 3.63) is 63.2 Å². The van der Waals surface area contributed by atoms with Crippen molar-refractivity contribution in [3.8, 4) is 0 Å². The fourth-order valence-electron chi connectivity index (χ4n) is 1.33. The summed E-state index contributed by atoms with van der Waals surface area (Å²) in [5, 5.41) is 0. The molecule has 0 amide bonds. The summed E-state index contributed by atoms with van der Waals surface area (Å²) in [5.41, 5.74) is 3.37. The van der Waals surface area contributed by atoms with Gasteiger partial charge in [-0.25, -0.2) is 0 Å². The molecular weight excluding hydrogens is 309 g/mol. The Kier molecular flexibility index (Phi) is 3.72. The van der Waals surface area contributed by atoms with Crippen molar-refractivity contribution in [2.75, 3.05) is 0 Å². The number of aliphatic imine (C=N–C) groups is 1. The van der Waals surface area contributed by atoms with E-state index in [0.29, 0.717) is 0 Å². The van der Waals surface area contributed by atoms with Gasteiger partial charge in [-0.2, -0.15) is 0 Å². The van der Waals surface area contributed by atoms with Crippen LogP contribution in [-0.2, 0) is 0 Å². The quantitative estimate of drug-likeness (QED) is 0.576. The Hall–Kier alpha value is -1.16. The highest BCUT2D eigenvalue weighted by molar-refractivity contribution is 14.1. The van der Waals surface area contributed by atoms with Gasteiger partial charge in [-0.15, -0.1) is 0 Å². The third-order valence-electron chi connectivity index (χ3n) is 2.27. The van der Waals surface area contributed by atoms with Crippen LogP contribution in [0.2, 0.25) is 0 Å². The average molecular weight is 321 g/mol. The molecule has 0 N–H and O–H groups in total. The summed E-state index contributed by atoms with van der Waals surface area (Å²) in [6, 6.07) is 16.5. The number of rotatable bonds is 2. The van der Waals surface area contributed by atoms with Crippen LogP contribution in [0, 0.1) is 10.5 Å². The largest absolute Gasteiger partial charge is 0.256 e. The summed E-state index contributed by atoms with van der Waals surface area (Å²) in [7, 11) is 0. The zero-order valence-electron chi connectivity index (χ0n) is 9.02. The van der Waals surface area contributed by atoms with Crippen LogP contribution < -0.4 is 0 Å². The molecule has 0 atom stereocenters. The van der Waals surface area contributed by atoms with Crippen LogP contribution in [0.3, 0.4) is 0 Å². The van der Waals surface area contributed by atoms with E-state index >= 15 is 0 Å². The Morgan fingerprint density at radius 3 is 2.19 bits per heavy atom. The molecule has 80 valence electrons. The van der Waals surface area contributed by atoms with E-state index in [-0.39, 0.29) is 0 Å². The van der Waals surface area contributed by atoms with E-state index in [1.807, 2.05) is 18.3 Å². The average Bonchev–Trinajstić information content (AvgIpc) is 2.30. The predicted octanol–water partition coefficient (Wildman–Crippen LogP) is 4.35.